The standard InChI is InChI=1S/C60H47N3/c1-5-17-41(18-6-1)48-30-31-51(50-26-14-13-25-49(48)50)58-62-56(42-19-7-2-8-20-42)61-57(63-58)43-29-32-54-55(38-43)59(44-21-9-3-10-22-44,45-23-11-4-12-24-45)52-27-15-16-28-53(52)60(54)46-34-39-33-40(36-46)37-47(60)35-39/h1-32,38-40,46-47H,33-37H2. The zero-order valence-corrected chi connectivity index (χ0v) is 35.2. The molecule has 14 rings (SSSR count). The Balaban J connectivity index is 1.09. The van der Waals surface area contributed by atoms with Crippen LogP contribution in [0.15, 0.2) is 200 Å². The number of rotatable bonds is 6. The molecule has 4 fully saturated rings. The van der Waals surface area contributed by atoms with Gasteiger partial charge in [-0.1, -0.05) is 188 Å². The van der Waals surface area contributed by atoms with Crippen LogP contribution >= 0.6 is 0 Å². The van der Waals surface area contributed by atoms with E-state index in [4.69, 9.17) is 15.0 Å². The predicted molar refractivity (Wildman–Crippen MR) is 255 cm³/mol. The van der Waals surface area contributed by atoms with E-state index in [9.17, 15) is 0 Å². The first kappa shape index (κ1) is 36.7. The Labute approximate surface area is 369 Å². The van der Waals surface area contributed by atoms with Crippen LogP contribution in [-0.4, -0.2) is 15.0 Å². The molecule has 3 nitrogen and oxygen atoms in total. The van der Waals surface area contributed by atoms with Gasteiger partial charge in [0.2, 0.25) is 0 Å². The van der Waals surface area contributed by atoms with Gasteiger partial charge in [-0.2, -0.15) is 0 Å². The topological polar surface area (TPSA) is 38.7 Å². The zero-order chi connectivity index (χ0) is 41.5. The van der Waals surface area contributed by atoms with E-state index < -0.39 is 5.41 Å². The predicted octanol–water partition coefficient (Wildman–Crippen LogP) is 14.1. The van der Waals surface area contributed by atoms with E-state index in [0.29, 0.717) is 29.3 Å². The fourth-order valence-electron chi connectivity index (χ4n) is 13.5. The fourth-order valence-corrected chi connectivity index (χ4v) is 13.5. The van der Waals surface area contributed by atoms with Crippen LogP contribution < -0.4 is 0 Å². The molecule has 8 aromatic carbocycles. The molecular formula is C60H47N3. The van der Waals surface area contributed by atoms with E-state index in [1.807, 2.05) is 0 Å². The normalized spacial score (nSPS) is 22.5. The van der Waals surface area contributed by atoms with Crippen molar-refractivity contribution in [2.75, 3.05) is 0 Å². The lowest BCUT2D eigenvalue weighted by Gasteiger charge is -2.65. The average molecular weight is 810 g/mol. The van der Waals surface area contributed by atoms with Crippen LogP contribution in [0, 0.1) is 23.7 Å². The molecule has 0 amide bonds. The Morgan fingerprint density at radius 1 is 0.333 bits per heavy atom. The van der Waals surface area contributed by atoms with Crippen molar-refractivity contribution in [1.82, 2.24) is 15.0 Å². The van der Waals surface area contributed by atoms with Gasteiger partial charge in [0, 0.05) is 22.1 Å². The Morgan fingerprint density at radius 2 is 0.794 bits per heavy atom. The second-order valence-corrected chi connectivity index (χ2v) is 18.7. The molecule has 63 heavy (non-hydrogen) atoms. The highest BCUT2D eigenvalue weighted by Gasteiger charge is 2.63. The van der Waals surface area contributed by atoms with Gasteiger partial charge in [0.1, 0.15) is 0 Å². The van der Waals surface area contributed by atoms with Gasteiger partial charge in [0.15, 0.2) is 17.5 Å². The van der Waals surface area contributed by atoms with Crippen molar-refractivity contribution in [3.8, 4) is 45.3 Å². The molecule has 5 aliphatic carbocycles. The largest absolute Gasteiger partial charge is 0.208 e. The van der Waals surface area contributed by atoms with Crippen molar-refractivity contribution in [2.45, 2.75) is 42.9 Å². The maximum atomic E-state index is 5.49. The van der Waals surface area contributed by atoms with E-state index in [-0.39, 0.29) is 5.41 Å². The molecule has 0 atom stereocenters. The molecule has 9 aromatic rings. The molecule has 302 valence electrons. The number of aromatic nitrogens is 3. The summed E-state index contributed by atoms with van der Waals surface area (Å²) in [6.07, 6.45) is 6.70. The molecule has 0 saturated heterocycles. The zero-order valence-electron chi connectivity index (χ0n) is 35.2. The third-order valence-corrected chi connectivity index (χ3v) is 15.7. The Hall–Kier alpha value is -6.97. The first-order chi connectivity index (χ1) is 31.2. The summed E-state index contributed by atoms with van der Waals surface area (Å²) in [5.74, 6) is 4.96. The van der Waals surface area contributed by atoms with Gasteiger partial charge in [0.05, 0.1) is 5.41 Å². The van der Waals surface area contributed by atoms with Crippen LogP contribution in [0.1, 0.15) is 65.5 Å². The van der Waals surface area contributed by atoms with E-state index >= 15 is 0 Å². The van der Waals surface area contributed by atoms with Crippen molar-refractivity contribution in [3.63, 3.8) is 0 Å². The Morgan fingerprint density at radius 3 is 1.41 bits per heavy atom. The van der Waals surface area contributed by atoms with Gasteiger partial charge in [0.25, 0.3) is 0 Å². The molecule has 3 heteroatoms. The quantitative estimate of drug-likeness (QED) is 0.168. The highest BCUT2D eigenvalue weighted by molar-refractivity contribution is 6.04. The second kappa shape index (κ2) is 14.3. The van der Waals surface area contributed by atoms with E-state index in [2.05, 4.69) is 200 Å². The lowest BCUT2D eigenvalue weighted by Crippen LogP contribution is -2.59. The molecule has 1 heterocycles. The Bertz CT molecular complexity index is 3110. The summed E-state index contributed by atoms with van der Waals surface area (Å²) in [5, 5.41) is 2.29. The number of hydrogen-bond donors (Lipinski definition) is 0. The fraction of sp³-hybridized carbons (Fsp3) is 0.183. The lowest BCUT2D eigenvalue weighted by molar-refractivity contribution is -0.0440. The maximum absolute atomic E-state index is 5.49. The number of benzene rings is 8. The molecule has 0 aliphatic heterocycles. The number of hydrogen-bond acceptors (Lipinski definition) is 3. The molecule has 4 saturated carbocycles. The van der Waals surface area contributed by atoms with Crippen molar-refractivity contribution in [2.24, 2.45) is 23.7 Å². The van der Waals surface area contributed by atoms with Gasteiger partial charge >= 0.3 is 0 Å². The summed E-state index contributed by atoms with van der Waals surface area (Å²) >= 11 is 0. The highest BCUT2D eigenvalue weighted by Crippen LogP contribution is 2.70. The van der Waals surface area contributed by atoms with Crippen LogP contribution in [0.4, 0.5) is 0 Å². The van der Waals surface area contributed by atoms with E-state index in [1.165, 1.54) is 76.4 Å². The number of fused-ring (bicyclic) bond motifs is 3. The summed E-state index contributed by atoms with van der Waals surface area (Å²) in [4.78, 5) is 16.2. The molecule has 0 unspecified atom stereocenters. The molecule has 1 aromatic heterocycles. The number of nitrogens with zero attached hydrogens (tertiary/aromatic N) is 3. The average Bonchev–Trinajstić information content (AvgIpc) is 3.35. The van der Waals surface area contributed by atoms with E-state index in [1.54, 1.807) is 5.56 Å². The van der Waals surface area contributed by atoms with Crippen molar-refractivity contribution in [1.29, 1.82) is 0 Å². The second-order valence-electron chi connectivity index (χ2n) is 18.7. The highest BCUT2D eigenvalue weighted by atomic mass is 15.0. The van der Waals surface area contributed by atoms with Gasteiger partial charge in [-0.3, -0.25) is 0 Å². The molecule has 0 N–H and O–H groups in total. The van der Waals surface area contributed by atoms with Gasteiger partial charge in [-0.05, 0) is 123 Å². The van der Waals surface area contributed by atoms with Crippen LogP contribution in [0.3, 0.4) is 0 Å². The minimum absolute atomic E-state index is 0.0518. The maximum Gasteiger partial charge on any atom is 0.164 e. The first-order valence-electron chi connectivity index (χ1n) is 22.9. The summed E-state index contributed by atoms with van der Waals surface area (Å²) in [5.41, 5.74) is 13.1. The van der Waals surface area contributed by atoms with Gasteiger partial charge in [-0.25, -0.2) is 15.0 Å². The minimum atomic E-state index is -0.564. The SMILES string of the molecule is c1ccc(-c2nc(-c3ccc4c(c3)C(c3ccccc3)(c3ccccc3)c3ccccc3C43C4CC5CC(C4)CC3C5)nc(-c3ccc(-c4ccccc4)c4ccccc34)n2)cc1. The van der Waals surface area contributed by atoms with Crippen LogP contribution in [0.25, 0.3) is 56.1 Å². The minimum Gasteiger partial charge on any atom is -0.208 e. The molecular weight excluding hydrogens is 763 g/mol. The smallest absolute Gasteiger partial charge is 0.164 e. The molecule has 5 aliphatic rings. The van der Waals surface area contributed by atoms with Gasteiger partial charge < -0.3 is 0 Å². The first-order valence-corrected chi connectivity index (χ1v) is 22.9. The van der Waals surface area contributed by atoms with Crippen molar-refractivity contribution >= 4 is 10.8 Å². The van der Waals surface area contributed by atoms with Crippen molar-refractivity contribution in [3.05, 3.63) is 234 Å². The molecule has 1 spiro atoms. The molecule has 0 radical (unpaired) electrons. The van der Waals surface area contributed by atoms with Gasteiger partial charge in [-0.15, -0.1) is 0 Å². The van der Waals surface area contributed by atoms with E-state index in [0.717, 1.165) is 33.9 Å². The summed E-state index contributed by atoms with van der Waals surface area (Å²) in [7, 11) is 0. The van der Waals surface area contributed by atoms with Crippen LogP contribution in [0.5, 0.6) is 0 Å². The van der Waals surface area contributed by atoms with Crippen molar-refractivity contribution < 1.29 is 0 Å². The summed E-state index contributed by atoms with van der Waals surface area (Å²) in [6, 6.07) is 73.7. The lowest BCUT2D eigenvalue weighted by atomic mass is 9.38. The monoisotopic (exact) mass is 809 g/mol. The van der Waals surface area contributed by atoms with Crippen LogP contribution in [-0.2, 0) is 10.8 Å². The summed E-state index contributed by atoms with van der Waals surface area (Å²) in [6.45, 7) is 0. The third-order valence-electron chi connectivity index (χ3n) is 15.7. The Kier molecular flexibility index (Phi) is 8.32. The molecule has 4 bridgehead atoms. The third kappa shape index (κ3) is 5.42. The van der Waals surface area contributed by atoms with Crippen LogP contribution in [0.2, 0.25) is 0 Å². The summed E-state index contributed by atoms with van der Waals surface area (Å²) < 4.78 is 0.